The number of carbonyl (C=O) groups is 1. The van der Waals surface area contributed by atoms with Gasteiger partial charge in [0, 0.05) is 12.2 Å². The number of carbonyl (C=O) groups excluding carboxylic acids is 1. The highest BCUT2D eigenvalue weighted by atomic mass is 32.2. The van der Waals surface area contributed by atoms with Gasteiger partial charge in [0.05, 0.1) is 6.61 Å². The van der Waals surface area contributed by atoms with Gasteiger partial charge in [-0.05, 0) is 38.7 Å². The van der Waals surface area contributed by atoms with Crippen LogP contribution in [0, 0.1) is 5.92 Å². The number of primary sulfonamides is 1. The Morgan fingerprint density at radius 1 is 1.43 bits per heavy atom. The van der Waals surface area contributed by atoms with E-state index in [2.05, 4.69) is 0 Å². The summed E-state index contributed by atoms with van der Waals surface area (Å²) in [5, 5.41) is 5.12. The quantitative estimate of drug-likeness (QED) is 0.842. The number of rotatable bonds is 5. The van der Waals surface area contributed by atoms with Crippen LogP contribution in [0.3, 0.4) is 0 Å². The van der Waals surface area contributed by atoms with E-state index in [-0.39, 0.29) is 16.6 Å². The molecule has 2 rings (SSSR count). The van der Waals surface area contributed by atoms with E-state index in [0.717, 1.165) is 12.8 Å². The summed E-state index contributed by atoms with van der Waals surface area (Å²) in [6.07, 6.45) is 5.91. The lowest BCUT2D eigenvalue weighted by Crippen LogP contribution is -2.16. The number of ether oxygens (including phenoxy) is 1. The smallest absolute Gasteiger partial charge is 0.355 e. The van der Waals surface area contributed by atoms with Gasteiger partial charge in [-0.2, -0.15) is 0 Å². The number of aromatic nitrogens is 1. The third kappa shape index (κ3) is 3.85. The molecule has 0 unspecified atom stereocenters. The van der Waals surface area contributed by atoms with Crippen molar-refractivity contribution in [2.24, 2.45) is 11.1 Å². The van der Waals surface area contributed by atoms with E-state index in [0.29, 0.717) is 12.5 Å². The van der Waals surface area contributed by atoms with Gasteiger partial charge < -0.3 is 9.30 Å². The predicted molar refractivity (Wildman–Crippen MR) is 78.4 cm³/mol. The summed E-state index contributed by atoms with van der Waals surface area (Å²) in [5.41, 5.74) is 0.229. The maximum atomic E-state index is 12.2. The fourth-order valence-corrected chi connectivity index (χ4v) is 3.18. The Bertz CT molecular complexity index is 613. The summed E-state index contributed by atoms with van der Waals surface area (Å²) in [6, 6.07) is 1.22. The topological polar surface area (TPSA) is 91.4 Å². The van der Waals surface area contributed by atoms with Gasteiger partial charge in [0.25, 0.3) is 0 Å². The number of nitrogens with zero attached hydrogens (tertiary/aromatic N) is 1. The third-order valence-corrected chi connectivity index (χ3v) is 4.72. The monoisotopic (exact) mass is 314 g/mol. The average Bonchev–Trinajstić information content (AvgIpc) is 3.04. The van der Waals surface area contributed by atoms with Crippen LogP contribution < -0.4 is 5.14 Å². The van der Waals surface area contributed by atoms with Gasteiger partial charge in [-0.25, -0.2) is 18.4 Å². The molecule has 0 aromatic carbocycles. The van der Waals surface area contributed by atoms with E-state index in [4.69, 9.17) is 9.88 Å². The van der Waals surface area contributed by atoms with E-state index < -0.39 is 16.0 Å². The Hall–Kier alpha value is -1.34. The standard InChI is InChI=1S/C14H22N2O4S/c1-10(2)16-8-12(21(15,18)19)7-13(16)14(17)20-9-11-5-3-4-6-11/h7-8,10-11H,3-6,9H2,1-2H3,(H2,15,18,19). The van der Waals surface area contributed by atoms with E-state index in [1.807, 2.05) is 13.8 Å². The fourth-order valence-electron chi connectivity index (χ4n) is 2.64. The van der Waals surface area contributed by atoms with Crippen LogP contribution >= 0.6 is 0 Å². The highest BCUT2D eigenvalue weighted by Gasteiger charge is 2.23. The maximum Gasteiger partial charge on any atom is 0.355 e. The minimum absolute atomic E-state index is 0.0606. The molecule has 1 saturated carbocycles. The molecule has 1 aliphatic carbocycles. The first-order chi connectivity index (χ1) is 9.79. The summed E-state index contributed by atoms with van der Waals surface area (Å²) in [6.45, 7) is 4.12. The largest absolute Gasteiger partial charge is 0.461 e. The molecule has 0 atom stereocenters. The normalized spacial score (nSPS) is 16.6. The van der Waals surface area contributed by atoms with Gasteiger partial charge >= 0.3 is 5.97 Å². The molecule has 0 amide bonds. The van der Waals surface area contributed by atoms with Gasteiger partial charge in [-0.3, -0.25) is 0 Å². The second kappa shape index (κ2) is 6.19. The van der Waals surface area contributed by atoms with Crippen molar-refractivity contribution in [1.29, 1.82) is 0 Å². The van der Waals surface area contributed by atoms with E-state index in [9.17, 15) is 13.2 Å². The zero-order chi connectivity index (χ0) is 15.6. The molecule has 1 aromatic rings. The van der Waals surface area contributed by atoms with Crippen LogP contribution in [-0.4, -0.2) is 25.6 Å². The number of esters is 1. The summed E-state index contributed by atoms with van der Waals surface area (Å²) < 4.78 is 29.8. The van der Waals surface area contributed by atoms with Crippen LogP contribution in [0.4, 0.5) is 0 Å². The summed E-state index contributed by atoms with van der Waals surface area (Å²) in [4.78, 5) is 12.1. The minimum atomic E-state index is -3.83. The van der Waals surface area contributed by atoms with Crippen molar-refractivity contribution in [3.8, 4) is 0 Å². The van der Waals surface area contributed by atoms with Gasteiger partial charge in [-0.15, -0.1) is 0 Å². The zero-order valence-electron chi connectivity index (χ0n) is 12.4. The molecule has 0 spiro atoms. The van der Waals surface area contributed by atoms with E-state index in [1.165, 1.54) is 25.1 Å². The van der Waals surface area contributed by atoms with Crippen molar-refractivity contribution < 1.29 is 17.9 Å². The van der Waals surface area contributed by atoms with Crippen LogP contribution in [0.5, 0.6) is 0 Å². The summed E-state index contributed by atoms with van der Waals surface area (Å²) in [5.74, 6) is -0.0698. The minimum Gasteiger partial charge on any atom is -0.461 e. The van der Waals surface area contributed by atoms with E-state index >= 15 is 0 Å². The van der Waals surface area contributed by atoms with Gasteiger partial charge in [-0.1, -0.05) is 12.8 Å². The molecule has 7 heteroatoms. The second-order valence-electron chi connectivity index (χ2n) is 5.86. The molecular weight excluding hydrogens is 292 g/mol. The SMILES string of the molecule is CC(C)n1cc(S(N)(=O)=O)cc1C(=O)OCC1CCCC1. The Balaban J connectivity index is 2.16. The number of nitrogens with two attached hydrogens (primary N) is 1. The average molecular weight is 314 g/mol. The van der Waals surface area contributed by atoms with Crippen LogP contribution in [0.2, 0.25) is 0 Å². The number of hydrogen-bond acceptors (Lipinski definition) is 4. The molecular formula is C14H22N2O4S. The molecule has 21 heavy (non-hydrogen) atoms. The van der Waals surface area contributed by atoms with Crippen LogP contribution in [0.15, 0.2) is 17.2 Å². The molecule has 0 bridgehead atoms. The van der Waals surface area contributed by atoms with Crippen molar-refractivity contribution in [2.75, 3.05) is 6.61 Å². The molecule has 1 heterocycles. The second-order valence-corrected chi connectivity index (χ2v) is 7.42. The van der Waals surface area contributed by atoms with Gasteiger partial charge in [0.1, 0.15) is 10.6 Å². The highest BCUT2D eigenvalue weighted by molar-refractivity contribution is 7.89. The van der Waals surface area contributed by atoms with Crippen molar-refractivity contribution in [2.45, 2.75) is 50.5 Å². The lowest BCUT2D eigenvalue weighted by atomic mass is 10.1. The Labute approximate surface area is 125 Å². The Morgan fingerprint density at radius 3 is 2.57 bits per heavy atom. The van der Waals surface area contributed by atoms with Crippen molar-refractivity contribution >= 4 is 16.0 Å². The predicted octanol–water partition coefficient (Wildman–Crippen LogP) is 2.06. The van der Waals surface area contributed by atoms with Crippen LogP contribution in [0.1, 0.15) is 56.1 Å². The van der Waals surface area contributed by atoms with Crippen molar-refractivity contribution in [1.82, 2.24) is 4.57 Å². The Morgan fingerprint density at radius 2 is 2.05 bits per heavy atom. The van der Waals surface area contributed by atoms with Crippen LogP contribution in [0.25, 0.3) is 0 Å². The zero-order valence-corrected chi connectivity index (χ0v) is 13.2. The molecule has 1 fully saturated rings. The van der Waals surface area contributed by atoms with Gasteiger partial charge in [0.2, 0.25) is 10.0 Å². The first-order valence-electron chi connectivity index (χ1n) is 7.21. The maximum absolute atomic E-state index is 12.2. The first kappa shape index (κ1) is 16.0. The van der Waals surface area contributed by atoms with Crippen LogP contribution in [-0.2, 0) is 14.8 Å². The Kier molecular flexibility index (Phi) is 4.73. The van der Waals surface area contributed by atoms with E-state index in [1.54, 1.807) is 4.57 Å². The lowest BCUT2D eigenvalue weighted by molar-refractivity contribution is 0.0428. The number of sulfonamides is 1. The third-order valence-electron chi connectivity index (χ3n) is 3.84. The van der Waals surface area contributed by atoms with Crippen molar-refractivity contribution in [3.63, 3.8) is 0 Å². The fraction of sp³-hybridized carbons (Fsp3) is 0.643. The molecule has 0 radical (unpaired) electrons. The molecule has 1 aromatic heterocycles. The summed E-state index contributed by atoms with van der Waals surface area (Å²) in [7, 11) is -3.83. The molecule has 6 nitrogen and oxygen atoms in total. The highest BCUT2D eigenvalue weighted by Crippen LogP contribution is 2.25. The van der Waals surface area contributed by atoms with Gasteiger partial charge in [0.15, 0.2) is 0 Å². The summed E-state index contributed by atoms with van der Waals surface area (Å²) >= 11 is 0. The van der Waals surface area contributed by atoms with Crippen molar-refractivity contribution in [3.05, 3.63) is 18.0 Å². The molecule has 1 aliphatic rings. The number of hydrogen-bond donors (Lipinski definition) is 1. The first-order valence-corrected chi connectivity index (χ1v) is 8.75. The molecule has 0 saturated heterocycles. The molecule has 118 valence electrons. The molecule has 2 N–H and O–H groups in total. The lowest BCUT2D eigenvalue weighted by Gasteiger charge is -2.14. The molecule has 0 aliphatic heterocycles.